The zero-order chi connectivity index (χ0) is 23.9. The lowest BCUT2D eigenvalue weighted by atomic mass is 9.98. The molecule has 0 aromatic heterocycles. The molecule has 0 radical (unpaired) electrons. The Morgan fingerprint density at radius 2 is 1.59 bits per heavy atom. The molecule has 0 amide bonds. The fourth-order valence-corrected chi connectivity index (χ4v) is 3.75. The molecule has 0 aliphatic carbocycles. The van der Waals surface area contributed by atoms with Crippen LogP contribution in [0, 0.1) is 0 Å². The first kappa shape index (κ1) is 27.3. The van der Waals surface area contributed by atoms with Crippen molar-refractivity contribution in [1.82, 2.24) is 0 Å². The lowest BCUT2D eigenvalue weighted by molar-refractivity contribution is -0.333. The molecule has 9 atom stereocenters. The summed E-state index contributed by atoms with van der Waals surface area (Å²) in [6.07, 6.45) is -7.53. The molecular formula is C20H36O12. The molecule has 32 heavy (non-hydrogen) atoms. The number of carbonyl (C=O) groups excluding carboxylic acids is 1. The Balaban J connectivity index is 1.96. The lowest BCUT2D eigenvalue weighted by Crippen LogP contribution is -2.61. The molecule has 2 rings (SSSR count). The normalized spacial score (nSPS) is 39.9. The van der Waals surface area contributed by atoms with E-state index in [-0.39, 0.29) is 6.42 Å². The molecule has 0 spiro atoms. The SMILES string of the molecule is CCCCCCCC(=O)O[C@@H]1[C@@H](O)[C@@H](OC[C@@]2(O)O[C@H](CO)[C@@H](O)[C@@H]2O)O[C@H](CO)[C@H]1O. The number of unbranched alkanes of at least 4 members (excludes halogenated alkanes) is 4. The number of ether oxygens (including phenoxy) is 4. The Kier molecular flexibility index (Phi) is 10.7. The zero-order valence-electron chi connectivity index (χ0n) is 18.2. The summed E-state index contributed by atoms with van der Waals surface area (Å²) in [6, 6.07) is 0. The second-order valence-corrected chi connectivity index (χ2v) is 8.26. The van der Waals surface area contributed by atoms with Crippen LogP contribution in [0.25, 0.3) is 0 Å². The zero-order valence-corrected chi connectivity index (χ0v) is 18.2. The highest BCUT2D eigenvalue weighted by Crippen LogP contribution is 2.31. The van der Waals surface area contributed by atoms with Crippen LogP contribution in [-0.2, 0) is 23.7 Å². The number of hydrogen-bond acceptors (Lipinski definition) is 12. The first-order valence-corrected chi connectivity index (χ1v) is 11.0. The van der Waals surface area contributed by atoms with E-state index in [0.29, 0.717) is 6.42 Å². The first-order valence-electron chi connectivity index (χ1n) is 11.0. The standard InChI is InChI=1S/C20H36O12/c1-2-3-4-5-6-7-13(23)31-17-14(24)11(8-21)30-19(16(17)26)29-10-20(28)18(27)15(25)12(9-22)32-20/h11-12,14-19,21-22,24-28H,2-10H2,1H3/t11-,12-,14-,15-,16-,17+,18+,19+,20-/m1/s1. The minimum absolute atomic E-state index is 0.0933. The predicted molar refractivity (Wildman–Crippen MR) is 106 cm³/mol. The lowest BCUT2D eigenvalue weighted by Gasteiger charge is -2.42. The van der Waals surface area contributed by atoms with Crippen molar-refractivity contribution in [2.45, 2.75) is 100 Å². The van der Waals surface area contributed by atoms with Crippen LogP contribution in [0.1, 0.15) is 45.4 Å². The van der Waals surface area contributed by atoms with E-state index in [1.165, 1.54) is 0 Å². The molecule has 0 bridgehead atoms. The quantitative estimate of drug-likeness (QED) is 0.118. The van der Waals surface area contributed by atoms with E-state index in [9.17, 15) is 35.4 Å². The van der Waals surface area contributed by atoms with Crippen LogP contribution in [0.4, 0.5) is 0 Å². The van der Waals surface area contributed by atoms with Crippen molar-refractivity contribution in [3.63, 3.8) is 0 Å². The van der Waals surface area contributed by atoms with Gasteiger partial charge in [-0.3, -0.25) is 4.79 Å². The van der Waals surface area contributed by atoms with Gasteiger partial charge in [-0.15, -0.1) is 0 Å². The van der Waals surface area contributed by atoms with E-state index in [2.05, 4.69) is 6.92 Å². The van der Waals surface area contributed by atoms with Crippen LogP contribution < -0.4 is 0 Å². The molecule has 188 valence electrons. The van der Waals surface area contributed by atoms with Gasteiger partial charge in [0.25, 0.3) is 0 Å². The van der Waals surface area contributed by atoms with Gasteiger partial charge in [-0.05, 0) is 6.42 Å². The van der Waals surface area contributed by atoms with Gasteiger partial charge in [0.15, 0.2) is 12.4 Å². The van der Waals surface area contributed by atoms with Gasteiger partial charge in [-0.2, -0.15) is 0 Å². The van der Waals surface area contributed by atoms with E-state index in [1.807, 2.05) is 0 Å². The Bertz CT molecular complexity index is 577. The average Bonchev–Trinajstić information content (AvgIpc) is 3.00. The molecular weight excluding hydrogens is 432 g/mol. The number of esters is 1. The minimum Gasteiger partial charge on any atom is -0.456 e. The summed E-state index contributed by atoms with van der Waals surface area (Å²) in [7, 11) is 0. The monoisotopic (exact) mass is 468 g/mol. The third kappa shape index (κ3) is 6.56. The van der Waals surface area contributed by atoms with Crippen LogP contribution in [-0.4, -0.2) is 116 Å². The molecule has 2 heterocycles. The number of hydrogen-bond donors (Lipinski definition) is 7. The predicted octanol–water partition coefficient (Wildman–Crippen LogP) is -2.48. The van der Waals surface area contributed by atoms with E-state index >= 15 is 0 Å². The Labute approximate surface area is 186 Å². The summed E-state index contributed by atoms with van der Waals surface area (Å²) in [5.41, 5.74) is 0. The van der Waals surface area contributed by atoms with Crippen LogP contribution in [0.5, 0.6) is 0 Å². The fraction of sp³-hybridized carbons (Fsp3) is 0.950. The summed E-state index contributed by atoms with van der Waals surface area (Å²) in [4.78, 5) is 12.2. The van der Waals surface area contributed by atoms with Gasteiger partial charge in [0.05, 0.1) is 13.2 Å². The van der Waals surface area contributed by atoms with Crippen LogP contribution in [0.3, 0.4) is 0 Å². The van der Waals surface area contributed by atoms with Gasteiger partial charge < -0.3 is 54.7 Å². The highest BCUT2D eigenvalue weighted by atomic mass is 16.7. The van der Waals surface area contributed by atoms with Gasteiger partial charge >= 0.3 is 5.97 Å². The topological polar surface area (TPSA) is 196 Å². The second-order valence-electron chi connectivity index (χ2n) is 8.26. The number of aliphatic hydroxyl groups excluding tert-OH is 6. The van der Waals surface area contributed by atoms with E-state index in [4.69, 9.17) is 24.1 Å². The maximum absolute atomic E-state index is 12.2. The average molecular weight is 468 g/mol. The molecule has 0 aromatic rings. The van der Waals surface area contributed by atoms with Gasteiger partial charge in [-0.25, -0.2) is 0 Å². The number of carbonyl (C=O) groups is 1. The van der Waals surface area contributed by atoms with Crippen molar-refractivity contribution < 1.29 is 59.5 Å². The van der Waals surface area contributed by atoms with Crippen LogP contribution >= 0.6 is 0 Å². The summed E-state index contributed by atoms with van der Waals surface area (Å²) in [6.45, 7) is -0.0643. The molecule has 0 aromatic carbocycles. The maximum Gasteiger partial charge on any atom is 0.306 e. The third-order valence-corrected chi connectivity index (χ3v) is 5.73. The van der Waals surface area contributed by atoms with Crippen LogP contribution in [0.15, 0.2) is 0 Å². The smallest absolute Gasteiger partial charge is 0.306 e. The Morgan fingerprint density at radius 3 is 2.19 bits per heavy atom. The van der Waals surface area contributed by atoms with Crippen LogP contribution in [0.2, 0.25) is 0 Å². The Hall–Kier alpha value is -0.930. The van der Waals surface area contributed by atoms with E-state index in [0.717, 1.165) is 25.7 Å². The van der Waals surface area contributed by atoms with Gasteiger partial charge in [0, 0.05) is 6.42 Å². The van der Waals surface area contributed by atoms with Crippen molar-refractivity contribution >= 4 is 5.97 Å². The van der Waals surface area contributed by atoms with Crippen molar-refractivity contribution in [1.29, 1.82) is 0 Å². The molecule has 2 aliphatic heterocycles. The molecule has 2 saturated heterocycles. The number of aliphatic hydroxyl groups is 7. The molecule has 0 unspecified atom stereocenters. The highest BCUT2D eigenvalue weighted by molar-refractivity contribution is 5.69. The third-order valence-electron chi connectivity index (χ3n) is 5.73. The van der Waals surface area contributed by atoms with E-state index < -0.39 is 80.6 Å². The van der Waals surface area contributed by atoms with Gasteiger partial charge in [0.2, 0.25) is 5.79 Å². The van der Waals surface area contributed by atoms with Gasteiger partial charge in [0.1, 0.15) is 43.2 Å². The minimum atomic E-state index is -2.41. The summed E-state index contributed by atoms with van der Waals surface area (Å²) >= 11 is 0. The second kappa shape index (κ2) is 12.5. The molecule has 2 fully saturated rings. The summed E-state index contributed by atoms with van der Waals surface area (Å²) in [5.74, 6) is -3.05. The van der Waals surface area contributed by atoms with Gasteiger partial charge in [-0.1, -0.05) is 32.6 Å². The fourth-order valence-electron chi connectivity index (χ4n) is 3.75. The molecule has 7 N–H and O–H groups in total. The molecule has 0 saturated carbocycles. The van der Waals surface area contributed by atoms with Crippen molar-refractivity contribution in [3.8, 4) is 0 Å². The van der Waals surface area contributed by atoms with Crippen molar-refractivity contribution in [3.05, 3.63) is 0 Å². The first-order chi connectivity index (χ1) is 15.2. The highest BCUT2D eigenvalue weighted by Gasteiger charge is 2.55. The largest absolute Gasteiger partial charge is 0.456 e. The summed E-state index contributed by atoms with van der Waals surface area (Å²) in [5, 5.41) is 69.7. The Morgan fingerprint density at radius 1 is 0.938 bits per heavy atom. The number of rotatable bonds is 12. The van der Waals surface area contributed by atoms with Crippen molar-refractivity contribution in [2.75, 3.05) is 19.8 Å². The molecule has 2 aliphatic rings. The maximum atomic E-state index is 12.2. The molecule has 12 heteroatoms. The van der Waals surface area contributed by atoms with E-state index in [1.54, 1.807) is 0 Å². The summed E-state index contributed by atoms with van der Waals surface area (Å²) < 4.78 is 20.9. The molecule has 12 nitrogen and oxygen atoms in total. The van der Waals surface area contributed by atoms with Crippen molar-refractivity contribution in [2.24, 2.45) is 0 Å².